The van der Waals surface area contributed by atoms with Gasteiger partial charge >= 0.3 is 0 Å². The SMILES string of the molecule is Cc1ncc(CN2CCO[C@@H](c3nc(N(C)C)ncc3-c3ccc(F)cc3)C2)s1. The number of ether oxygens (including phenoxy) is 1. The van der Waals surface area contributed by atoms with Crippen LogP contribution in [0.5, 0.6) is 0 Å². The Morgan fingerprint density at radius 1 is 1.21 bits per heavy atom. The zero-order chi connectivity index (χ0) is 20.4. The maximum absolute atomic E-state index is 13.4. The van der Waals surface area contributed by atoms with Crippen LogP contribution in [-0.4, -0.2) is 53.6 Å². The Morgan fingerprint density at radius 3 is 2.69 bits per heavy atom. The van der Waals surface area contributed by atoms with Crippen LogP contribution in [0.2, 0.25) is 0 Å². The molecule has 1 saturated heterocycles. The number of halogens is 1. The van der Waals surface area contributed by atoms with Gasteiger partial charge in [0.1, 0.15) is 11.9 Å². The molecule has 0 saturated carbocycles. The number of morpholine rings is 1. The molecule has 4 rings (SSSR count). The van der Waals surface area contributed by atoms with E-state index in [9.17, 15) is 4.39 Å². The van der Waals surface area contributed by atoms with Crippen molar-refractivity contribution in [1.82, 2.24) is 19.9 Å². The molecule has 0 spiro atoms. The zero-order valence-electron chi connectivity index (χ0n) is 16.8. The predicted molar refractivity (Wildman–Crippen MR) is 113 cm³/mol. The molecular weight excluding hydrogens is 389 g/mol. The summed E-state index contributed by atoms with van der Waals surface area (Å²) in [4.78, 5) is 19.1. The van der Waals surface area contributed by atoms with Crippen LogP contribution >= 0.6 is 11.3 Å². The largest absolute Gasteiger partial charge is 0.369 e. The molecule has 0 amide bonds. The fourth-order valence-corrected chi connectivity index (χ4v) is 4.25. The monoisotopic (exact) mass is 413 g/mol. The van der Waals surface area contributed by atoms with E-state index in [1.807, 2.05) is 32.1 Å². The summed E-state index contributed by atoms with van der Waals surface area (Å²) in [5, 5.41) is 1.08. The highest BCUT2D eigenvalue weighted by Gasteiger charge is 2.27. The summed E-state index contributed by atoms with van der Waals surface area (Å²) >= 11 is 1.72. The van der Waals surface area contributed by atoms with Crippen molar-refractivity contribution in [2.45, 2.75) is 19.6 Å². The Balaban J connectivity index is 1.64. The van der Waals surface area contributed by atoms with Gasteiger partial charge in [0.15, 0.2) is 0 Å². The molecule has 6 nitrogen and oxygen atoms in total. The van der Waals surface area contributed by atoms with Crippen LogP contribution < -0.4 is 4.90 Å². The number of rotatable bonds is 5. The maximum Gasteiger partial charge on any atom is 0.225 e. The average molecular weight is 414 g/mol. The van der Waals surface area contributed by atoms with Gasteiger partial charge in [-0.15, -0.1) is 11.3 Å². The Morgan fingerprint density at radius 2 is 2.00 bits per heavy atom. The topological polar surface area (TPSA) is 54.4 Å². The molecule has 1 aliphatic heterocycles. The lowest BCUT2D eigenvalue weighted by atomic mass is 10.0. The Hall–Kier alpha value is -2.42. The number of nitrogens with zero attached hydrogens (tertiary/aromatic N) is 5. The fraction of sp³-hybridized carbons (Fsp3) is 0.381. The lowest BCUT2D eigenvalue weighted by Crippen LogP contribution is -2.38. The van der Waals surface area contributed by atoms with Gasteiger partial charge in [0, 0.05) is 56.6 Å². The first kappa shape index (κ1) is 19.9. The second kappa shape index (κ2) is 8.52. The minimum atomic E-state index is -0.263. The van der Waals surface area contributed by atoms with Gasteiger partial charge in [0.25, 0.3) is 0 Å². The van der Waals surface area contributed by atoms with Gasteiger partial charge in [-0.2, -0.15) is 0 Å². The fourth-order valence-electron chi connectivity index (χ4n) is 3.41. The van der Waals surface area contributed by atoms with Crippen molar-refractivity contribution in [1.29, 1.82) is 0 Å². The van der Waals surface area contributed by atoms with E-state index in [0.717, 1.165) is 41.5 Å². The molecule has 1 fully saturated rings. The van der Waals surface area contributed by atoms with Crippen molar-refractivity contribution >= 4 is 17.3 Å². The maximum atomic E-state index is 13.4. The summed E-state index contributed by atoms with van der Waals surface area (Å²) in [7, 11) is 3.83. The van der Waals surface area contributed by atoms with Gasteiger partial charge in [-0.25, -0.2) is 19.3 Å². The minimum absolute atomic E-state index is 0.181. The quantitative estimate of drug-likeness (QED) is 0.636. The highest BCUT2D eigenvalue weighted by molar-refractivity contribution is 7.11. The van der Waals surface area contributed by atoms with Crippen LogP contribution in [0.3, 0.4) is 0 Å². The third-order valence-electron chi connectivity index (χ3n) is 4.86. The lowest BCUT2D eigenvalue weighted by molar-refractivity contribution is -0.0344. The van der Waals surface area contributed by atoms with Crippen molar-refractivity contribution in [3.8, 4) is 11.1 Å². The number of thiazole rings is 1. The number of hydrogen-bond acceptors (Lipinski definition) is 7. The molecule has 0 bridgehead atoms. The van der Waals surface area contributed by atoms with Crippen molar-refractivity contribution < 1.29 is 9.13 Å². The van der Waals surface area contributed by atoms with Crippen molar-refractivity contribution in [3.63, 3.8) is 0 Å². The Kier molecular flexibility index (Phi) is 5.84. The summed E-state index contributed by atoms with van der Waals surface area (Å²) < 4.78 is 19.5. The first-order valence-corrected chi connectivity index (χ1v) is 10.4. The third-order valence-corrected chi connectivity index (χ3v) is 5.76. The van der Waals surface area contributed by atoms with Crippen molar-refractivity contribution in [2.75, 3.05) is 38.7 Å². The first-order chi connectivity index (χ1) is 14.0. The van der Waals surface area contributed by atoms with E-state index in [2.05, 4.69) is 14.9 Å². The number of benzene rings is 1. The Bertz CT molecular complexity index is 975. The van der Waals surface area contributed by atoms with Crippen LogP contribution in [0.15, 0.2) is 36.7 Å². The molecule has 0 aliphatic carbocycles. The van der Waals surface area contributed by atoms with Gasteiger partial charge < -0.3 is 9.64 Å². The molecule has 3 aromatic rings. The highest BCUT2D eigenvalue weighted by atomic mass is 32.1. The summed E-state index contributed by atoms with van der Waals surface area (Å²) in [6.45, 7) is 5.10. The van der Waals surface area contributed by atoms with Crippen molar-refractivity contribution in [2.24, 2.45) is 0 Å². The van der Waals surface area contributed by atoms with Gasteiger partial charge in [-0.1, -0.05) is 12.1 Å². The molecule has 1 atom stereocenters. The zero-order valence-corrected chi connectivity index (χ0v) is 17.6. The van der Waals surface area contributed by atoms with E-state index in [4.69, 9.17) is 9.72 Å². The molecule has 1 aromatic carbocycles. The molecule has 8 heteroatoms. The van der Waals surface area contributed by atoms with Crippen LogP contribution in [0.1, 0.15) is 21.7 Å². The Labute approximate surface area is 174 Å². The second-order valence-corrected chi connectivity index (χ2v) is 8.63. The molecule has 1 aliphatic rings. The number of anilines is 1. The highest BCUT2D eigenvalue weighted by Crippen LogP contribution is 2.32. The van der Waals surface area contributed by atoms with E-state index < -0.39 is 0 Å². The van der Waals surface area contributed by atoms with Crippen LogP contribution in [-0.2, 0) is 11.3 Å². The van der Waals surface area contributed by atoms with E-state index in [0.29, 0.717) is 12.6 Å². The molecule has 0 radical (unpaired) electrons. The standard InChI is InChI=1S/C21H24FN5OS/c1-14-23-10-17(29-14)12-27-8-9-28-19(13-27)20-18(11-24-21(25-20)26(2)3)15-4-6-16(22)7-5-15/h4-7,10-11,19H,8-9,12-13H2,1-3H3/t19-/m1/s1. The average Bonchev–Trinajstić information content (AvgIpc) is 3.13. The van der Waals surface area contributed by atoms with Gasteiger partial charge in [0.05, 0.1) is 17.3 Å². The molecule has 0 N–H and O–H groups in total. The molecule has 2 aromatic heterocycles. The number of aromatic nitrogens is 3. The number of aryl methyl sites for hydroxylation is 1. The van der Waals surface area contributed by atoms with E-state index >= 15 is 0 Å². The van der Waals surface area contributed by atoms with Gasteiger partial charge in [0.2, 0.25) is 5.95 Å². The second-order valence-electron chi connectivity index (χ2n) is 7.31. The summed E-state index contributed by atoms with van der Waals surface area (Å²) in [5.74, 6) is 0.366. The molecule has 0 unspecified atom stereocenters. The lowest BCUT2D eigenvalue weighted by Gasteiger charge is -2.33. The van der Waals surface area contributed by atoms with Gasteiger partial charge in [-0.3, -0.25) is 4.90 Å². The van der Waals surface area contributed by atoms with Gasteiger partial charge in [-0.05, 0) is 24.6 Å². The smallest absolute Gasteiger partial charge is 0.225 e. The van der Waals surface area contributed by atoms with Crippen molar-refractivity contribution in [3.05, 3.63) is 58.1 Å². The van der Waals surface area contributed by atoms with E-state index in [1.165, 1.54) is 17.0 Å². The third kappa shape index (κ3) is 4.60. The van der Waals surface area contributed by atoms with Crippen LogP contribution in [0.25, 0.3) is 11.1 Å². The molecule has 3 heterocycles. The first-order valence-electron chi connectivity index (χ1n) is 9.55. The normalized spacial score (nSPS) is 17.4. The van der Waals surface area contributed by atoms with E-state index in [1.54, 1.807) is 29.7 Å². The summed E-state index contributed by atoms with van der Waals surface area (Å²) in [6.07, 6.45) is 3.57. The number of hydrogen-bond donors (Lipinski definition) is 0. The molecule has 152 valence electrons. The molecule has 29 heavy (non-hydrogen) atoms. The predicted octanol–water partition coefficient (Wildman–Crippen LogP) is 3.69. The summed E-state index contributed by atoms with van der Waals surface area (Å²) in [5.41, 5.74) is 2.59. The molecular formula is C21H24FN5OS. The van der Waals surface area contributed by atoms with Crippen LogP contribution in [0.4, 0.5) is 10.3 Å². The van der Waals surface area contributed by atoms with E-state index in [-0.39, 0.29) is 11.9 Å². The minimum Gasteiger partial charge on any atom is -0.369 e. The van der Waals surface area contributed by atoms with Crippen LogP contribution in [0, 0.1) is 12.7 Å². The summed E-state index contributed by atoms with van der Waals surface area (Å²) in [6, 6.07) is 6.43.